The van der Waals surface area contributed by atoms with E-state index in [0.717, 1.165) is 24.8 Å². The van der Waals surface area contributed by atoms with Crippen LogP contribution in [0.15, 0.2) is 34.7 Å². The summed E-state index contributed by atoms with van der Waals surface area (Å²) in [6.45, 7) is 2.19. The van der Waals surface area contributed by atoms with Crippen LogP contribution in [0.3, 0.4) is 0 Å². The first-order valence-electron chi connectivity index (χ1n) is 8.10. The number of allylic oxidation sites excluding steroid dienone is 1. The molecule has 1 amide bonds. The molecule has 124 valence electrons. The highest BCUT2D eigenvalue weighted by atomic mass is 32.2. The smallest absolute Gasteiger partial charge is 0.240 e. The summed E-state index contributed by atoms with van der Waals surface area (Å²) in [6.07, 6.45) is 7.60. The number of carbonyl (C=O) groups is 1. The maximum absolute atomic E-state index is 12.4. The first-order chi connectivity index (χ1) is 11.0. The average molecular weight is 334 g/mol. The van der Waals surface area contributed by atoms with Crippen molar-refractivity contribution in [3.05, 3.63) is 35.4 Å². The van der Waals surface area contributed by atoms with Crippen molar-refractivity contribution in [3.8, 4) is 0 Å². The number of nitrogens with one attached hydrogen (secondary N) is 2. The number of hydrogen-bond donors (Lipinski definition) is 2. The Labute approximate surface area is 137 Å². The molecule has 2 N–H and O–H groups in total. The lowest BCUT2D eigenvalue weighted by molar-refractivity contribution is -0.116. The topological polar surface area (TPSA) is 75.3 Å². The number of carbonyl (C=O) groups excluding carboxylic acids is 1. The zero-order chi connectivity index (χ0) is 16.4. The van der Waals surface area contributed by atoms with Gasteiger partial charge in [-0.2, -0.15) is 0 Å². The molecule has 1 aliphatic heterocycles. The fraction of sp³-hybridized carbons (Fsp3) is 0.471. The quantitative estimate of drug-likeness (QED) is 0.813. The zero-order valence-electron chi connectivity index (χ0n) is 13.3. The lowest BCUT2D eigenvalue weighted by atomic mass is 9.97. The van der Waals surface area contributed by atoms with E-state index in [0.29, 0.717) is 12.2 Å². The zero-order valence-corrected chi connectivity index (χ0v) is 14.1. The van der Waals surface area contributed by atoms with Gasteiger partial charge in [0.25, 0.3) is 0 Å². The molecule has 0 saturated carbocycles. The van der Waals surface area contributed by atoms with Crippen LogP contribution in [0.25, 0.3) is 0 Å². The molecule has 1 heterocycles. The third-order valence-electron chi connectivity index (χ3n) is 4.57. The Balaban J connectivity index is 1.68. The number of fused-ring (bicyclic) bond motifs is 1. The second-order valence-electron chi connectivity index (χ2n) is 6.22. The lowest BCUT2D eigenvalue weighted by Gasteiger charge is -2.13. The summed E-state index contributed by atoms with van der Waals surface area (Å²) in [5, 5.41) is 2.75. The lowest BCUT2D eigenvalue weighted by Crippen LogP contribution is -2.25. The van der Waals surface area contributed by atoms with Gasteiger partial charge in [-0.25, -0.2) is 13.1 Å². The molecule has 0 unspecified atom stereocenters. The summed E-state index contributed by atoms with van der Waals surface area (Å²) < 4.78 is 27.5. The van der Waals surface area contributed by atoms with E-state index in [1.165, 1.54) is 18.4 Å². The van der Waals surface area contributed by atoms with Crippen LogP contribution >= 0.6 is 0 Å². The largest absolute Gasteiger partial charge is 0.325 e. The van der Waals surface area contributed by atoms with E-state index in [1.54, 1.807) is 25.1 Å². The minimum atomic E-state index is -3.54. The van der Waals surface area contributed by atoms with E-state index in [4.69, 9.17) is 0 Å². The average Bonchev–Trinajstić information content (AvgIpc) is 2.83. The van der Waals surface area contributed by atoms with Crippen LogP contribution in [-0.2, 0) is 14.8 Å². The van der Waals surface area contributed by atoms with Gasteiger partial charge in [-0.15, -0.1) is 0 Å². The molecule has 1 aromatic rings. The van der Waals surface area contributed by atoms with Crippen molar-refractivity contribution >= 4 is 21.6 Å². The summed E-state index contributed by atoms with van der Waals surface area (Å²) in [4.78, 5) is 11.9. The molecule has 0 aromatic heterocycles. The van der Waals surface area contributed by atoms with Gasteiger partial charge in [-0.1, -0.05) is 11.6 Å². The van der Waals surface area contributed by atoms with Crippen LogP contribution in [0.1, 0.15) is 50.5 Å². The van der Waals surface area contributed by atoms with Crippen LogP contribution in [0.5, 0.6) is 0 Å². The van der Waals surface area contributed by atoms with Crippen LogP contribution in [0, 0.1) is 0 Å². The second-order valence-corrected chi connectivity index (χ2v) is 7.98. The maximum atomic E-state index is 12.4. The molecule has 0 saturated heterocycles. The van der Waals surface area contributed by atoms with Crippen LogP contribution in [0.2, 0.25) is 0 Å². The molecule has 1 aliphatic carbocycles. The summed E-state index contributed by atoms with van der Waals surface area (Å²) >= 11 is 0. The molecule has 6 heteroatoms. The van der Waals surface area contributed by atoms with Crippen molar-refractivity contribution in [2.24, 2.45) is 0 Å². The van der Waals surface area contributed by atoms with Gasteiger partial charge in [0.2, 0.25) is 15.9 Å². The SMILES string of the molecule is C[C@H]1C(=O)Nc2ccc(S(=O)(=O)NCCC3=CCCCC3)cc21. The van der Waals surface area contributed by atoms with Crippen molar-refractivity contribution in [2.45, 2.75) is 49.8 Å². The summed E-state index contributed by atoms with van der Waals surface area (Å²) in [7, 11) is -3.54. The van der Waals surface area contributed by atoms with E-state index >= 15 is 0 Å². The fourth-order valence-electron chi connectivity index (χ4n) is 3.12. The molecule has 23 heavy (non-hydrogen) atoms. The van der Waals surface area contributed by atoms with Gasteiger partial charge < -0.3 is 5.32 Å². The van der Waals surface area contributed by atoms with Gasteiger partial charge in [0.15, 0.2) is 0 Å². The van der Waals surface area contributed by atoms with E-state index in [-0.39, 0.29) is 16.7 Å². The van der Waals surface area contributed by atoms with E-state index in [1.807, 2.05) is 0 Å². The Hall–Kier alpha value is -1.66. The van der Waals surface area contributed by atoms with E-state index in [2.05, 4.69) is 16.1 Å². The minimum Gasteiger partial charge on any atom is -0.325 e. The molecular weight excluding hydrogens is 312 g/mol. The van der Waals surface area contributed by atoms with Gasteiger partial charge >= 0.3 is 0 Å². The Morgan fingerprint density at radius 3 is 2.87 bits per heavy atom. The third-order valence-corrected chi connectivity index (χ3v) is 6.03. The van der Waals surface area contributed by atoms with Crippen LogP contribution in [-0.4, -0.2) is 20.9 Å². The molecule has 1 aromatic carbocycles. The number of rotatable bonds is 5. The fourth-order valence-corrected chi connectivity index (χ4v) is 4.19. The number of amides is 1. The first-order valence-corrected chi connectivity index (χ1v) is 9.58. The normalized spacial score (nSPS) is 20.8. The minimum absolute atomic E-state index is 0.0910. The molecule has 3 rings (SSSR count). The van der Waals surface area contributed by atoms with E-state index < -0.39 is 10.0 Å². The van der Waals surface area contributed by atoms with Gasteiger partial charge in [-0.05, 0) is 62.8 Å². The molecular formula is C17H22N2O3S. The monoisotopic (exact) mass is 334 g/mol. The number of sulfonamides is 1. The van der Waals surface area contributed by atoms with Gasteiger partial charge in [-0.3, -0.25) is 4.79 Å². The van der Waals surface area contributed by atoms with Crippen molar-refractivity contribution < 1.29 is 13.2 Å². The second kappa shape index (κ2) is 6.45. The highest BCUT2D eigenvalue weighted by molar-refractivity contribution is 7.89. The number of anilines is 1. The molecule has 0 fully saturated rings. The Morgan fingerprint density at radius 2 is 2.13 bits per heavy atom. The van der Waals surface area contributed by atoms with Gasteiger partial charge in [0, 0.05) is 12.2 Å². The van der Waals surface area contributed by atoms with Crippen molar-refractivity contribution in [1.82, 2.24) is 4.72 Å². The Morgan fingerprint density at radius 1 is 1.30 bits per heavy atom. The maximum Gasteiger partial charge on any atom is 0.240 e. The molecule has 0 bridgehead atoms. The summed E-state index contributed by atoms with van der Waals surface area (Å²) in [6, 6.07) is 4.80. The Bertz CT molecular complexity index is 753. The van der Waals surface area contributed by atoms with Crippen molar-refractivity contribution in [3.63, 3.8) is 0 Å². The molecule has 0 spiro atoms. The van der Waals surface area contributed by atoms with Crippen molar-refractivity contribution in [1.29, 1.82) is 0 Å². The first kappa shape index (κ1) is 16.2. The van der Waals surface area contributed by atoms with Crippen LogP contribution < -0.4 is 10.0 Å². The highest BCUT2D eigenvalue weighted by Gasteiger charge is 2.28. The summed E-state index contributed by atoms with van der Waals surface area (Å²) in [5.41, 5.74) is 2.79. The predicted octanol–water partition coefficient (Wildman–Crippen LogP) is 2.91. The van der Waals surface area contributed by atoms with Crippen molar-refractivity contribution in [2.75, 3.05) is 11.9 Å². The van der Waals surface area contributed by atoms with E-state index in [9.17, 15) is 13.2 Å². The van der Waals surface area contributed by atoms with Gasteiger partial charge in [0.05, 0.1) is 10.8 Å². The Kier molecular flexibility index (Phi) is 4.55. The molecule has 5 nitrogen and oxygen atoms in total. The summed E-state index contributed by atoms with van der Waals surface area (Å²) in [5.74, 6) is -0.403. The highest BCUT2D eigenvalue weighted by Crippen LogP contribution is 2.33. The molecule has 1 atom stereocenters. The van der Waals surface area contributed by atoms with Gasteiger partial charge in [0.1, 0.15) is 0 Å². The number of benzene rings is 1. The molecule has 0 radical (unpaired) electrons. The number of hydrogen-bond acceptors (Lipinski definition) is 3. The molecule has 2 aliphatic rings. The predicted molar refractivity (Wildman–Crippen MR) is 89.8 cm³/mol. The standard InChI is InChI=1S/C17H22N2O3S/c1-12-15-11-14(7-8-16(15)19-17(12)20)23(21,22)18-10-9-13-5-3-2-4-6-13/h5,7-8,11-12,18H,2-4,6,9-10H2,1H3,(H,19,20)/t12-/m1/s1. The van der Waals surface area contributed by atoms with Crippen LogP contribution in [0.4, 0.5) is 5.69 Å². The third kappa shape index (κ3) is 3.48.